The van der Waals surface area contributed by atoms with Gasteiger partial charge in [0.05, 0.1) is 29.2 Å². The van der Waals surface area contributed by atoms with Gasteiger partial charge in [-0.1, -0.05) is 237 Å². The Hall–Kier alpha value is -1.45. The molecule has 0 unspecified atom stereocenters. The van der Waals surface area contributed by atoms with Crippen molar-refractivity contribution in [1.29, 1.82) is 0 Å². The Balaban J connectivity index is 0.0000410. The number of carbonyl (C=O) groups is 2. The molecule has 9 heteroatoms. The average molecular weight is 937 g/mol. The molecule has 1 aromatic carbocycles. The van der Waals surface area contributed by atoms with Gasteiger partial charge in [0.2, 0.25) is 0 Å². The molecule has 0 spiro atoms. The molecule has 0 bridgehead atoms. The van der Waals surface area contributed by atoms with Crippen LogP contribution in [-0.2, 0) is 19.6 Å². The summed E-state index contributed by atoms with van der Waals surface area (Å²) in [7, 11) is -5.03. The van der Waals surface area contributed by atoms with E-state index in [9.17, 15) is 22.6 Å². The second-order valence-electron chi connectivity index (χ2n) is 18.5. The molecular weight excluding hydrogens is 840 g/mol. The number of ether oxygens (including phenoxy) is 2. The van der Waals surface area contributed by atoms with Crippen molar-refractivity contribution in [2.45, 2.75) is 276 Å². The molecule has 0 saturated carbocycles. The smallest absolute Gasteiger partial charge is 0.744 e. The SMILES string of the molecule is CCCCCCCCCCCCCCCC/C=C/CCCCCCOC(=O)c1cccc(S(=O)(=O)[O-])c1C(=O)OCCCCCC/C=C/CCCCCCCCCCCCCCCC.[Na+]. The maximum atomic E-state index is 13.1. The van der Waals surface area contributed by atoms with Crippen LogP contribution >= 0.6 is 0 Å². The zero-order chi connectivity index (χ0) is 46.4. The van der Waals surface area contributed by atoms with Gasteiger partial charge in [0.1, 0.15) is 10.1 Å². The monoisotopic (exact) mass is 937 g/mol. The van der Waals surface area contributed by atoms with Crippen LogP contribution in [0.3, 0.4) is 0 Å². The Morgan fingerprint density at radius 1 is 0.431 bits per heavy atom. The summed E-state index contributed by atoms with van der Waals surface area (Å²) in [4.78, 5) is 25.3. The number of carbonyl (C=O) groups excluding carboxylic acids is 2. The third kappa shape index (κ3) is 39.1. The zero-order valence-corrected chi connectivity index (χ0v) is 45.3. The van der Waals surface area contributed by atoms with E-state index in [1.54, 1.807) is 0 Å². The second kappa shape index (κ2) is 47.6. The zero-order valence-electron chi connectivity index (χ0n) is 42.5. The van der Waals surface area contributed by atoms with Gasteiger partial charge in [-0.25, -0.2) is 18.0 Å². The van der Waals surface area contributed by atoms with Crippen molar-refractivity contribution in [1.82, 2.24) is 0 Å². The molecule has 0 saturated heterocycles. The Labute approximate surface area is 423 Å². The molecule has 0 radical (unpaired) electrons. The molecule has 0 aromatic heterocycles. The quantitative estimate of drug-likeness (QED) is 0.0210. The molecule has 7 nitrogen and oxygen atoms in total. The molecule has 0 aliphatic carbocycles. The summed E-state index contributed by atoms with van der Waals surface area (Å²) in [5, 5.41) is 0. The van der Waals surface area contributed by atoms with Gasteiger partial charge in [-0.3, -0.25) is 0 Å². The van der Waals surface area contributed by atoms with Gasteiger partial charge < -0.3 is 14.0 Å². The van der Waals surface area contributed by atoms with E-state index in [0.717, 1.165) is 70.3 Å². The molecule has 0 amide bonds. The first-order chi connectivity index (χ1) is 31.3. The molecular formula is C56H97NaO7S. The van der Waals surface area contributed by atoms with Crippen LogP contribution < -0.4 is 29.6 Å². The van der Waals surface area contributed by atoms with Crippen molar-refractivity contribution >= 4 is 22.1 Å². The number of hydrogen-bond donors (Lipinski definition) is 0. The molecule has 370 valence electrons. The minimum Gasteiger partial charge on any atom is -0.744 e. The molecule has 0 atom stereocenters. The minimum absolute atomic E-state index is 0. The van der Waals surface area contributed by atoms with Gasteiger partial charge in [0, 0.05) is 0 Å². The first-order valence-electron chi connectivity index (χ1n) is 27.1. The molecule has 0 aliphatic heterocycles. The Bertz CT molecular complexity index is 1410. The predicted molar refractivity (Wildman–Crippen MR) is 269 cm³/mol. The van der Waals surface area contributed by atoms with Crippen molar-refractivity contribution in [3.63, 3.8) is 0 Å². The van der Waals surface area contributed by atoms with Crippen molar-refractivity contribution in [3.8, 4) is 0 Å². The van der Waals surface area contributed by atoms with Crippen LogP contribution in [0.4, 0.5) is 0 Å². The molecule has 1 rings (SSSR count). The standard InChI is InChI=1S/C56H98O7S.Na/c1-3-5-7-9-11-13-15-17-19-21-23-25-27-29-31-33-35-37-39-41-43-45-50-62-55(57)52-48-47-49-53(64(59,60)61)54(52)56(58)63-51-46-44-42-40-38-36-34-32-30-28-26-24-22-20-18-16-14-12-10-8-6-4-2;/h33-36,47-49H,3-32,37-46,50-51H2,1-2H3,(H,59,60,61);/q;+1/p-1/b35-33+,36-34+;. The van der Waals surface area contributed by atoms with E-state index in [0.29, 0.717) is 12.8 Å². The molecule has 1 aromatic rings. The molecule has 65 heavy (non-hydrogen) atoms. The second-order valence-corrected chi connectivity index (χ2v) is 19.9. The Kier molecular flexibility index (Phi) is 46.5. The third-order valence-electron chi connectivity index (χ3n) is 12.5. The maximum Gasteiger partial charge on any atom is 1.00 e. The summed E-state index contributed by atoms with van der Waals surface area (Å²) in [6.07, 6.45) is 59.2. The normalized spacial score (nSPS) is 11.7. The van der Waals surface area contributed by atoms with Gasteiger partial charge in [-0.05, 0) is 76.3 Å². The van der Waals surface area contributed by atoms with E-state index in [1.807, 2.05) is 0 Å². The van der Waals surface area contributed by atoms with E-state index in [4.69, 9.17) is 9.47 Å². The number of allylic oxidation sites excluding steroid dienone is 4. The number of unbranched alkanes of at least 4 members (excludes halogenated alkanes) is 36. The van der Waals surface area contributed by atoms with Gasteiger partial charge in [-0.15, -0.1) is 0 Å². The van der Waals surface area contributed by atoms with E-state index in [1.165, 1.54) is 192 Å². The first kappa shape index (κ1) is 63.5. The summed E-state index contributed by atoms with van der Waals surface area (Å²) >= 11 is 0. The number of rotatable bonds is 47. The van der Waals surface area contributed by atoms with Gasteiger partial charge in [0.15, 0.2) is 0 Å². The average Bonchev–Trinajstić information content (AvgIpc) is 3.28. The predicted octanol–water partition coefficient (Wildman–Crippen LogP) is 14.7. The fourth-order valence-corrected chi connectivity index (χ4v) is 9.11. The van der Waals surface area contributed by atoms with Gasteiger partial charge in [-0.2, -0.15) is 0 Å². The molecule has 0 fully saturated rings. The number of esters is 2. The van der Waals surface area contributed by atoms with Crippen LogP contribution in [0.1, 0.15) is 291 Å². The third-order valence-corrected chi connectivity index (χ3v) is 13.4. The topological polar surface area (TPSA) is 110 Å². The largest absolute Gasteiger partial charge is 1.00 e. The van der Waals surface area contributed by atoms with E-state index in [-0.39, 0.29) is 48.3 Å². The molecule has 0 N–H and O–H groups in total. The van der Waals surface area contributed by atoms with Crippen LogP contribution in [0.25, 0.3) is 0 Å². The first-order valence-corrected chi connectivity index (χ1v) is 28.5. The molecule has 0 aliphatic rings. The number of hydrogen-bond acceptors (Lipinski definition) is 7. The van der Waals surface area contributed by atoms with E-state index >= 15 is 0 Å². The summed E-state index contributed by atoms with van der Waals surface area (Å²) in [6.45, 7) is 4.77. The molecule has 0 heterocycles. The number of benzene rings is 1. The fraction of sp³-hybridized carbons (Fsp3) is 0.786. The van der Waals surface area contributed by atoms with E-state index in [2.05, 4.69) is 38.2 Å². The van der Waals surface area contributed by atoms with Crippen LogP contribution in [-0.4, -0.2) is 38.1 Å². The van der Waals surface area contributed by atoms with Crippen molar-refractivity contribution in [2.24, 2.45) is 0 Å². The van der Waals surface area contributed by atoms with Crippen molar-refractivity contribution in [2.75, 3.05) is 13.2 Å². The summed E-state index contributed by atoms with van der Waals surface area (Å²) < 4.78 is 47.0. The van der Waals surface area contributed by atoms with Crippen molar-refractivity contribution < 1.29 is 61.6 Å². The Morgan fingerprint density at radius 2 is 0.708 bits per heavy atom. The summed E-state index contributed by atoms with van der Waals surface area (Å²) in [6, 6.07) is 3.63. The summed E-state index contributed by atoms with van der Waals surface area (Å²) in [5.41, 5.74) is -0.793. The van der Waals surface area contributed by atoms with Gasteiger partial charge in [0.25, 0.3) is 0 Å². The summed E-state index contributed by atoms with van der Waals surface area (Å²) in [5.74, 6) is -1.83. The fourth-order valence-electron chi connectivity index (χ4n) is 8.42. The van der Waals surface area contributed by atoms with Crippen molar-refractivity contribution in [3.05, 3.63) is 53.6 Å². The Morgan fingerprint density at radius 3 is 1.02 bits per heavy atom. The van der Waals surface area contributed by atoms with Crippen LogP contribution in [0.15, 0.2) is 47.4 Å². The van der Waals surface area contributed by atoms with Crippen LogP contribution in [0, 0.1) is 0 Å². The van der Waals surface area contributed by atoms with Crippen LogP contribution in [0.2, 0.25) is 0 Å². The maximum absolute atomic E-state index is 13.1. The minimum atomic E-state index is -5.03. The van der Waals surface area contributed by atoms with Crippen LogP contribution in [0.5, 0.6) is 0 Å². The van der Waals surface area contributed by atoms with E-state index < -0.39 is 32.5 Å². The van der Waals surface area contributed by atoms with Gasteiger partial charge >= 0.3 is 41.5 Å².